The molecule has 3 heteroatoms. The summed E-state index contributed by atoms with van der Waals surface area (Å²) in [4.78, 5) is 11.8. The number of Topliss-reactive ketones (excluding diaryl/α,β-unsaturated/α-hetero) is 1. The first-order chi connectivity index (χ1) is 6.22. The van der Waals surface area contributed by atoms with Gasteiger partial charge in [-0.25, -0.2) is 0 Å². The second-order valence-electron chi connectivity index (χ2n) is 2.96. The van der Waals surface area contributed by atoms with Gasteiger partial charge in [0.05, 0.1) is 0 Å². The fraction of sp³-hybridized carbons (Fsp3) is 0.300. The van der Waals surface area contributed by atoms with Gasteiger partial charge in [-0.2, -0.15) is 0 Å². The van der Waals surface area contributed by atoms with Crippen molar-refractivity contribution in [1.29, 1.82) is 0 Å². The SMILES string of the molecule is CC(=O)CCc1ccc(SN)cc1. The van der Waals surface area contributed by atoms with Crippen LogP contribution in [0.1, 0.15) is 18.9 Å². The minimum Gasteiger partial charge on any atom is -0.300 e. The zero-order valence-corrected chi connectivity index (χ0v) is 8.43. The first-order valence-corrected chi connectivity index (χ1v) is 5.05. The first-order valence-electron chi connectivity index (χ1n) is 4.17. The van der Waals surface area contributed by atoms with Gasteiger partial charge in [0, 0.05) is 11.3 Å². The van der Waals surface area contributed by atoms with Gasteiger partial charge < -0.3 is 4.79 Å². The summed E-state index contributed by atoms with van der Waals surface area (Å²) in [5, 5.41) is 5.38. The lowest BCUT2D eigenvalue weighted by Crippen LogP contribution is -1.93. The van der Waals surface area contributed by atoms with Crippen LogP contribution in [0.25, 0.3) is 0 Å². The van der Waals surface area contributed by atoms with Crippen LogP contribution in [-0.4, -0.2) is 5.78 Å². The normalized spacial score (nSPS) is 10.0. The van der Waals surface area contributed by atoms with E-state index in [9.17, 15) is 4.79 Å². The zero-order chi connectivity index (χ0) is 9.68. The summed E-state index contributed by atoms with van der Waals surface area (Å²) in [7, 11) is 0. The molecule has 1 rings (SSSR count). The Kier molecular flexibility index (Phi) is 3.99. The summed E-state index contributed by atoms with van der Waals surface area (Å²) >= 11 is 1.23. The van der Waals surface area contributed by atoms with Crippen LogP contribution in [0.5, 0.6) is 0 Å². The molecule has 0 amide bonds. The number of aryl methyl sites for hydroxylation is 1. The van der Waals surface area contributed by atoms with E-state index in [1.807, 2.05) is 24.3 Å². The molecule has 0 fully saturated rings. The van der Waals surface area contributed by atoms with Gasteiger partial charge in [0.25, 0.3) is 0 Å². The van der Waals surface area contributed by atoms with E-state index in [-0.39, 0.29) is 5.78 Å². The van der Waals surface area contributed by atoms with Crippen molar-refractivity contribution in [3.05, 3.63) is 29.8 Å². The number of rotatable bonds is 4. The molecule has 0 aliphatic heterocycles. The smallest absolute Gasteiger partial charge is 0.130 e. The van der Waals surface area contributed by atoms with E-state index in [1.54, 1.807) is 6.92 Å². The van der Waals surface area contributed by atoms with Crippen LogP contribution < -0.4 is 5.14 Å². The van der Waals surface area contributed by atoms with Crippen molar-refractivity contribution in [1.82, 2.24) is 0 Å². The highest BCUT2D eigenvalue weighted by atomic mass is 32.2. The van der Waals surface area contributed by atoms with Crippen molar-refractivity contribution >= 4 is 17.7 Å². The third-order valence-electron chi connectivity index (χ3n) is 1.83. The fourth-order valence-corrected chi connectivity index (χ4v) is 1.35. The summed E-state index contributed by atoms with van der Waals surface area (Å²) in [6, 6.07) is 7.97. The Balaban J connectivity index is 2.54. The molecule has 0 spiro atoms. The van der Waals surface area contributed by atoms with E-state index in [0.29, 0.717) is 6.42 Å². The monoisotopic (exact) mass is 195 g/mol. The van der Waals surface area contributed by atoms with E-state index in [2.05, 4.69) is 0 Å². The Hall–Kier alpha value is -0.800. The van der Waals surface area contributed by atoms with Gasteiger partial charge in [-0.05, 0) is 43.0 Å². The number of ketones is 1. The molecule has 2 N–H and O–H groups in total. The van der Waals surface area contributed by atoms with Crippen molar-refractivity contribution in [3.8, 4) is 0 Å². The predicted molar refractivity (Wildman–Crippen MR) is 55.5 cm³/mol. The second-order valence-corrected chi connectivity index (χ2v) is 3.67. The maximum atomic E-state index is 10.7. The van der Waals surface area contributed by atoms with Gasteiger partial charge in [0.2, 0.25) is 0 Å². The van der Waals surface area contributed by atoms with Crippen molar-refractivity contribution in [2.45, 2.75) is 24.7 Å². The van der Waals surface area contributed by atoms with E-state index in [1.165, 1.54) is 17.5 Å². The number of hydrogen-bond acceptors (Lipinski definition) is 3. The minimum absolute atomic E-state index is 0.234. The number of nitrogens with two attached hydrogens (primary N) is 1. The van der Waals surface area contributed by atoms with Crippen molar-refractivity contribution in [2.24, 2.45) is 5.14 Å². The second kappa shape index (κ2) is 5.04. The van der Waals surface area contributed by atoms with Gasteiger partial charge >= 0.3 is 0 Å². The maximum Gasteiger partial charge on any atom is 0.130 e. The average molecular weight is 195 g/mol. The van der Waals surface area contributed by atoms with Crippen molar-refractivity contribution < 1.29 is 4.79 Å². The molecule has 0 heterocycles. The third kappa shape index (κ3) is 3.61. The number of benzene rings is 1. The lowest BCUT2D eigenvalue weighted by molar-refractivity contribution is -0.116. The van der Waals surface area contributed by atoms with Crippen LogP contribution in [0, 0.1) is 0 Å². The molecule has 0 radical (unpaired) electrons. The van der Waals surface area contributed by atoms with Crippen molar-refractivity contribution in [2.75, 3.05) is 0 Å². The van der Waals surface area contributed by atoms with Gasteiger partial charge in [-0.1, -0.05) is 12.1 Å². The van der Waals surface area contributed by atoms with Crippen LogP contribution >= 0.6 is 11.9 Å². The molecular formula is C10H13NOS. The molecule has 0 unspecified atom stereocenters. The fourth-order valence-electron chi connectivity index (χ4n) is 1.06. The lowest BCUT2D eigenvalue weighted by Gasteiger charge is -2.00. The highest BCUT2D eigenvalue weighted by Crippen LogP contribution is 2.13. The molecule has 0 saturated heterocycles. The first kappa shape index (κ1) is 10.3. The molecule has 1 aromatic rings. The lowest BCUT2D eigenvalue weighted by atomic mass is 10.1. The third-order valence-corrected chi connectivity index (χ3v) is 2.37. The Morgan fingerprint density at radius 3 is 2.46 bits per heavy atom. The Bertz CT molecular complexity index is 281. The molecule has 0 aromatic heterocycles. The topological polar surface area (TPSA) is 43.1 Å². The molecule has 0 saturated carbocycles. The highest BCUT2D eigenvalue weighted by Gasteiger charge is 1.96. The largest absolute Gasteiger partial charge is 0.300 e. The molecule has 2 nitrogen and oxygen atoms in total. The molecule has 0 aliphatic rings. The summed E-state index contributed by atoms with van der Waals surface area (Å²) in [5.41, 5.74) is 1.19. The number of carbonyl (C=O) groups excluding carboxylic acids is 1. The van der Waals surface area contributed by atoms with Crippen LogP contribution in [0.15, 0.2) is 29.2 Å². The Morgan fingerprint density at radius 1 is 1.38 bits per heavy atom. The van der Waals surface area contributed by atoms with Gasteiger partial charge in [0.1, 0.15) is 5.78 Å². The van der Waals surface area contributed by atoms with E-state index in [4.69, 9.17) is 5.14 Å². The minimum atomic E-state index is 0.234. The quantitative estimate of drug-likeness (QED) is 0.749. The maximum absolute atomic E-state index is 10.7. The van der Waals surface area contributed by atoms with Crippen LogP contribution in [0.3, 0.4) is 0 Å². The molecular weight excluding hydrogens is 182 g/mol. The molecule has 0 atom stereocenters. The molecule has 0 bridgehead atoms. The number of carbonyl (C=O) groups is 1. The molecule has 0 aliphatic carbocycles. The molecule has 70 valence electrons. The van der Waals surface area contributed by atoms with Crippen molar-refractivity contribution in [3.63, 3.8) is 0 Å². The van der Waals surface area contributed by atoms with E-state index < -0.39 is 0 Å². The molecule has 1 aromatic carbocycles. The Morgan fingerprint density at radius 2 is 2.00 bits per heavy atom. The average Bonchev–Trinajstić information content (AvgIpc) is 2.15. The van der Waals surface area contributed by atoms with Crippen LogP contribution in [0.4, 0.5) is 0 Å². The summed E-state index contributed by atoms with van der Waals surface area (Å²) in [5.74, 6) is 0.234. The van der Waals surface area contributed by atoms with Crippen LogP contribution in [-0.2, 0) is 11.2 Å². The standard InChI is InChI=1S/C10H13NOS/c1-8(12)2-3-9-4-6-10(13-11)7-5-9/h4-7H,2-3,11H2,1H3. The van der Waals surface area contributed by atoms with E-state index >= 15 is 0 Å². The van der Waals surface area contributed by atoms with Gasteiger partial charge in [-0.3, -0.25) is 5.14 Å². The summed E-state index contributed by atoms with van der Waals surface area (Å²) < 4.78 is 0. The van der Waals surface area contributed by atoms with Gasteiger partial charge in [0.15, 0.2) is 0 Å². The summed E-state index contributed by atoms with van der Waals surface area (Å²) in [6.07, 6.45) is 1.44. The summed E-state index contributed by atoms with van der Waals surface area (Å²) in [6.45, 7) is 1.62. The number of hydrogen-bond donors (Lipinski definition) is 1. The predicted octanol–water partition coefficient (Wildman–Crippen LogP) is 2.17. The Labute approximate surface area is 82.7 Å². The molecule has 13 heavy (non-hydrogen) atoms. The highest BCUT2D eigenvalue weighted by molar-refractivity contribution is 7.97. The zero-order valence-electron chi connectivity index (χ0n) is 7.62. The van der Waals surface area contributed by atoms with Crippen LogP contribution in [0.2, 0.25) is 0 Å². The van der Waals surface area contributed by atoms with Gasteiger partial charge in [-0.15, -0.1) is 0 Å². The van der Waals surface area contributed by atoms with E-state index in [0.717, 1.165) is 11.3 Å².